The minimum absolute atomic E-state index is 0.0972. The molecule has 0 aliphatic rings. The maximum Gasteiger partial charge on any atom is 0.317 e. The lowest BCUT2D eigenvalue weighted by Gasteiger charge is -2.16. The lowest BCUT2D eigenvalue weighted by Crippen LogP contribution is -2.37. The van der Waals surface area contributed by atoms with Crippen LogP contribution < -0.4 is 5.32 Å². The number of amides is 2. The fraction of sp³-hybridized carbons (Fsp3) is 0.222. The van der Waals surface area contributed by atoms with Crippen molar-refractivity contribution in [2.75, 3.05) is 13.6 Å². The van der Waals surface area contributed by atoms with E-state index in [1.165, 1.54) is 11.3 Å². The van der Waals surface area contributed by atoms with Gasteiger partial charge in [0.25, 0.3) is 0 Å². The second-order valence-electron chi connectivity index (χ2n) is 5.67. The van der Waals surface area contributed by atoms with E-state index in [2.05, 4.69) is 10.4 Å². The topological polar surface area (TPSA) is 50.2 Å². The van der Waals surface area contributed by atoms with Crippen LogP contribution in [0.3, 0.4) is 0 Å². The van der Waals surface area contributed by atoms with Crippen LogP contribution in [0.25, 0.3) is 5.69 Å². The van der Waals surface area contributed by atoms with Gasteiger partial charge in [0.1, 0.15) is 0 Å². The molecule has 0 radical (unpaired) electrons. The number of carbonyl (C=O) groups is 1. The van der Waals surface area contributed by atoms with E-state index >= 15 is 0 Å². The molecule has 0 saturated heterocycles. The molecule has 25 heavy (non-hydrogen) atoms. The van der Waals surface area contributed by atoms with Gasteiger partial charge in [0.05, 0.1) is 22.8 Å². The molecule has 0 bridgehead atoms. The zero-order chi connectivity index (χ0) is 17.6. The van der Waals surface area contributed by atoms with Crippen LogP contribution in [0.1, 0.15) is 10.4 Å². The Labute approximate surface area is 155 Å². The molecular weight excluding hydrogens is 356 g/mol. The summed E-state index contributed by atoms with van der Waals surface area (Å²) in [4.78, 5) is 14.8. The fourth-order valence-corrected chi connectivity index (χ4v) is 3.54. The molecule has 0 spiro atoms. The molecule has 0 saturated carbocycles. The van der Waals surface area contributed by atoms with Crippen molar-refractivity contribution in [1.29, 1.82) is 0 Å². The summed E-state index contributed by atoms with van der Waals surface area (Å²) in [5.41, 5.74) is 2.10. The van der Waals surface area contributed by atoms with Crippen molar-refractivity contribution in [3.8, 4) is 5.69 Å². The van der Waals surface area contributed by atoms with E-state index in [0.717, 1.165) is 26.9 Å². The van der Waals surface area contributed by atoms with Gasteiger partial charge >= 0.3 is 6.03 Å². The van der Waals surface area contributed by atoms with Gasteiger partial charge in [-0.2, -0.15) is 5.10 Å². The first-order chi connectivity index (χ1) is 12.1. The highest BCUT2D eigenvalue weighted by Crippen LogP contribution is 2.22. The van der Waals surface area contributed by atoms with Gasteiger partial charge in [0.15, 0.2) is 0 Å². The highest BCUT2D eigenvalue weighted by Gasteiger charge is 2.10. The van der Waals surface area contributed by atoms with Crippen molar-refractivity contribution in [2.45, 2.75) is 13.0 Å². The summed E-state index contributed by atoms with van der Waals surface area (Å²) in [6.45, 7) is 1.12. The van der Waals surface area contributed by atoms with Crippen molar-refractivity contribution in [3.63, 3.8) is 0 Å². The smallest absolute Gasteiger partial charge is 0.317 e. The maximum absolute atomic E-state index is 12.1. The zero-order valence-electron chi connectivity index (χ0n) is 13.9. The summed E-state index contributed by atoms with van der Waals surface area (Å²) >= 11 is 7.40. The molecule has 3 aromatic rings. The molecule has 0 atom stereocenters. The van der Waals surface area contributed by atoms with E-state index in [1.807, 2.05) is 59.5 Å². The number of urea groups is 1. The maximum atomic E-state index is 12.1. The van der Waals surface area contributed by atoms with Gasteiger partial charge in [-0.05, 0) is 36.2 Å². The predicted octanol–water partition coefficient (Wildman–Crippen LogP) is 3.97. The van der Waals surface area contributed by atoms with Crippen LogP contribution >= 0.6 is 22.9 Å². The van der Waals surface area contributed by atoms with E-state index < -0.39 is 0 Å². The van der Waals surface area contributed by atoms with Gasteiger partial charge in [-0.1, -0.05) is 29.8 Å². The number of thiophene rings is 1. The van der Waals surface area contributed by atoms with Crippen LogP contribution in [0, 0.1) is 0 Å². The Bertz CT molecular complexity index is 830. The van der Waals surface area contributed by atoms with Gasteiger partial charge in [-0.25, -0.2) is 9.48 Å². The van der Waals surface area contributed by atoms with Crippen molar-refractivity contribution >= 4 is 29.0 Å². The number of hydrogen-bond donors (Lipinski definition) is 1. The van der Waals surface area contributed by atoms with Crippen LogP contribution in [0.5, 0.6) is 0 Å². The lowest BCUT2D eigenvalue weighted by atomic mass is 10.2. The average molecular weight is 375 g/mol. The standard InChI is InChI=1S/C18H19ClN4OS/c1-22(13-16-7-8-17(19)25-16)18(24)20-10-9-14-11-21-23(12-14)15-5-3-2-4-6-15/h2-8,11-12H,9-10,13H2,1H3,(H,20,24). The molecule has 0 unspecified atom stereocenters. The van der Waals surface area contributed by atoms with Crippen LogP contribution in [0.2, 0.25) is 4.34 Å². The molecule has 0 fully saturated rings. The van der Waals surface area contributed by atoms with Crippen LogP contribution in [-0.2, 0) is 13.0 Å². The Kier molecular flexibility index (Phi) is 5.73. The summed E-state index contributed by atoms with van der Waals surface area (Å²) in [6, 6.07) is 13.6. The summed E-state index contributed by atoms with van der Waals surface area (Å²) in [5.74, 6) is 0. The van der Waals surface area contributed by atoms with Crippen molar-refractivity contribution < 1.29 is 4.79 Å². The van der Waals surface area contributed by atoms with Gasteiger partial charge in [0, 0.05) is 24.7 Å². The number of carbonyl (C=O) groups excluding carboxylic acids is 1. The predicted molar refractivity (Wildman–Crippen MR) is 101 cm³/mol. The molecule has 2 amide bonds. The third-order valence-electron chi connectivity index (χ3n) is 3.72. The minimum atomic E-state index is -0.0972. The van der Waals surface area contributed by atoms with Crippen LogP contribution in [0.15, 0.2) is 54.9 Å². The van der Waals surface area contributed by atoms with Crippen LogP contribution in [0.4, 0.5) is 4.79 Å². The summed E-state index contributed by atoms with van der Waals surface area (Å²) < 4.78 is 2.57. The molecule has 5 nitrogen and oxygen atoms in total. The Morgan fingerprint density at radius 1 is 1.28 bits per heavy atom. The highest BCUT2D eigenvalue weighted by molar-refractivity contribution is 7.16. The van der Waals surface area contributed by atoms with Gasteiger partial charge in [-0.15, -0.1) is 11.3 Å². The Hall–Kier alpha value is -2.31. The highest BCUT2D eigenvalue weighted by atomic mass is 35.5. The second-order valence-corrected chi connectivity index (χ2v) is 7.47. The summed E-state index contributed by atoms with van der Waals surface area (Å²) in [6.07, 6.45) is 4.55. The number of aromatic nitrogens is 2. The quantitative estimate of drug-likeness (QED) is 0.709. The average Bonchev–Trinajstić information content (AvgIpc) is 3.25. The number of para-hydroxylation sites is 1. The van der Waals surface area contributed by atoms with E-state index in [9.17, 15) is 4.79 Å². The summed E-state index contributed by atoms with van der Waals surface area (Å²) in [7, 11) is 1.77. The lowest BCUT2D eigenvalue weighted by molar-refractivity contribution is 0.207. The number of halogens is 1. The third kappa shape index (κ3) is 4.84. The molecule has 130 valence electrons. The molecule has 0 aliphatic carbocycles. The first-order valence-electron chi connectivity index (χ1n) is 7.94. The Morgan fingerprint density at radius 3 is 2.80 bits per heavy atom. The number of hydrogen-bond acceptors (Lipinski definition) is 3. The second kappa shape index (κ2) is 8.18. The van der Waals surface area contributed by atoms with Crippen LogP contribution in [-0.4, -0.2) is 34.3 Å². The first-order valence-corrected chi connectivity index (χ1v) is 9.13. The minimum Gasteiger partial charge on any atom is -0.338 e. The molecular formula is C18H19ClN4OS. The zero-order valence-corrected chi connectivity index (χ0v) is 15.4. The van der Waals surface area contributed by atoms with E-state index in [4.69, 9.17) is 11.6 Å². The largest absolute Gasteiger partial charge is 0.338 e. The number of nitrogens with one attached hydrogen (secondary N) is 1. The molecule has 2 aromatic heterocycles. The Balaban J connectivity index is 1.46. The Morgan fingerprint density at radius 2 is 2.08 bits per heavy atom. The SMILES string of the molecule is CN(Cc1ccc(Cl)s1)C(=O)NCCc1cnn(-c2ccccc2)c1. The van der Waals surface area contributed by atoms with Gasteiger partial charge in [0.2, 0.25) is 0 Å². The van der Waals surface area contributed by atoms with Crippen molar-refractivity contribution in [3.05, 3.63) is 69.6 Å². The van der Waals surface area contributed by atoms with Gasteiger partial charge in [-0.3, -0.25) is 0 Å². The molecule has 2 heterocycles. The third-order valence-corrected chi connectivity index (χ3v) is 4.93. The normalized spacial score (nSPS) is 10.6. The number of benzene rings is 1. The molecule has 0 aliphatic heterocycles. The number of rotatable bonds is 6. The molecule has 1 aromatic carbocycles. The van der Waals surface area contributed by atoms with Gasteiger partial charge < -0.3 is 10.2 Å². The van der Waals surface area contributed by atoms with Crippen molar-refractivity contribution in [1.82, 2.24) is 20.0 Å². The first kappa shape index (κ1) is 17.5. The molecule has 1 N–H and O–H groups in total. The van der Waals surface area contributed by atoms with E-state index in [0.29, 0.717) is 13.1 Å². The van der Waals surface area contributed by atoms with E-state index in [1.54, 1.807) is 11.9 Å². The fourth-order valence-electron chi connectivity index (χ4n) is 2.40. The monoisotopic (exact) mass is 374 g/mol. The number of nitrogens with zero attached hydrogens (tertiary/aromatic N) is 3. The van der Waals surface area contributed by atoms with Crippen molar-refractivity contribution in [2.24, 2.45) is 0 Å². The van der Waals surface area contributed by atoms with E-state index in [-0.39, 0.29) is 6.03 Å². The molecule has 7 heteroatoms. The molecule has 3 rings (SSSR count). The summed E-state index contributed by atoms with van der Waals surface area (Å²) in [5, 5.41) is 7.29.